The van der Waals surface area contributed by atoms with Crippen LogP contribution in [-0.2, 0) is 11.3 Å². The highest BCUT2D eigenvalue weighted by atomic mass is 16.6. The van der Waals surface area contributed by atoms with Crippen LogP contribution in [0.2, 0.25) is 0 Å². The van der Waals surface area contributed by atoms with Gasteiger partial charge in [0.15, 0.2) is 0 Å². The quantitative estimate of drug-likeness (QED) is 0.565. The number of carbonyl (C=O) groups excluding carboxylic acids is 1. The number of nitrogens with zero attached hydrogens (tertiary/aromatic N) is 4. The summed E-state index contributed by atoms with van der Waals surface area (Å²) in [5, 5.41) is 10.6. The van der Waals surface area contributed by atoms with Crippen LogP contribution in [-0.4, -0.2) is 38.4 Å². The van der Waals surface area contributed by atoms with Crippen LogP contribution < -0.4 is 0 Å². The van der Waals surface area contributed by atoms with Gasteiger partial charge in [-0.05, 0) is 21.7 Å². The second-order valence-corrected chi connectivity index (χ2v) is 5.75. The van der Waals surface area contributed by atoms with Gasteiger partial charge in [-0.1, -0.05) is 27.7 Å². The summed E-state index contributed by atoms with van der Waals surface area (Å²) in [6.45, 7) is 9.69. The predicted octanol–water partition coefficient (Wildman–Crippen LogP) is 1.93. The third-order valence-electron chi connectivity index (χ3n) is 2.65. The van der Waals surface area contributed by atoms with E-state index in [4.69, 9.17) is 0 Å². The monoisotopic (exact) mass is 282 g/mol. The average Bonchev–Trinajstić information content (AvgIpc) is 2.75. The molecule has 0 N–H and O–H groups in total. The number of nitro groups is 1. The number of amides is 1. The average molecular weight is 282 g/mol. The molecule has 0 spiro atoms. The summed E-state index contributed by atoms with van der Waals surface area (Å²) >= 11 is 0. The van der Waals surface area contributed by atoms with Gasteiger partial charge in [-0.3, -0.25) is 4.79 Å². The van der Waals surface area contributed by atoms with Crippen LogP contribution in [0, 0.1) is 22.0 Å². The van der Waals surface area contributed by atoms with Crippen molar-refractivity contribution in [3.63, 3.8) is 0 Å². The third kappa shape index (κ3) is 4.99. The van der Waals surface area contributed by atoms with Gasteiger partial charge in [-0.15, -0.1) is 0 Å². The summed E-state index contributed by atoms with van der Waals surface area (Å²) in [6.07, 6.45) is 2.60. The lowest BCUT2D eigenvalue weighted by Gasteiger charge is -2.26. The van der Waals surface area contributed by atoms with Gasteiger partial charge < -0.3 is 19.6 Å². The summed E-state index contributed by atoms with van der Waals surface area (Å²) in [6, 6.07) is 0. The van der Waals surface area contributed by atoms with Crippen LogP contribution in [0.4, 0.5) is 5.82 Å². The molecule has 1 rings (SSSR count). The molecule has 7 heteroatoms. The summed E-state index contributed by atoms with van der Waals surface area (Å²) in [5.41, 5.74) is 0. The van der Waals surface area contributed by atoms with Gasteiger partial charge in [0.1, 0.15) is 12.7 Å². The first-order valence-corrected chi connectivity index (χ1v) is 6.73. The lowest BCUT2D eigenvalue weighted by molar-refractivity contribution is -0.389. The molecular formula is C13H22N4O3. The van der Waals surface area contributed by atoms with Crippen molar-refractivity contribution in [1.29, 1.82) is 0 Å². The lowest BCUT2D eigenvalue weighted by Crippen LogP contribution is -2.38. The Balaban J connectivity index is 2.70. The number of rotatable bonds is 7. The van der Waals surface area contributed by atoms with Crippen molar-refractivity contribution < 1.29 is 9.72 Å². The lowest BCUT2D eigenvalue weighted by atomic mass is 10.1. The molecule has 1 aromatic rings. The number of imidazole rings is 1. The van der Waals surface area contributed by atoms with Gasteiger partial charge >= 0.3 is 5.82 Å². The minimum absolute atomic E-state index is 0.0419. The van der Waals surface area contributed by atoms with Crippen molar-refractivity contribution in [3.8, 4) is 0 Å². The maximum Gasteiger partial charge on any atom is 0.381 e. The largest absolute Gasteiger partial charge is 0.381 e. The molecule has 112 valence electrons. The molecule has 0 bridgehead atoms. The van der Waals surface area contributed by atoms with Crippen LogP contribution in [0.5, 0.6) is 0 Å². The Morgan fingerprint density at radius 2 is 1.90 bits per heavy atom. The Hall–Kier alpha value is -1.92. The van der Waals surface area contributed by atoms with Gasteiger partial charge in [0.2, 0.25) is 12.2 Å². The van der Waals surface area contributed by atoms with E-state index in [2.05, 4.69) is 32.7 Å². The van der Waals surface area contributed by atoms with Crippen LogP contribution in [0.15, 0.2) is 12.5 Å². The maximum atomic E-state index is 12.3. The van der Waals surface area contributed by atoms with Crippen molar-refractivity contribution in [2.24, 2.45) is 11.8 Å². The van der Waals surface area contributed by atoms with E-state index in [1.807, 2.05) is 0 Å². The van der Waals surface area contributed by atoms with Crippen molar-refractivity contribution in [3.05, 3.63) is 22.6 Å². The summed E-state index contributed by atoms with van der Waals surface area (Å²) in [4.78, 5) is 27.7. The van der Waals surface area contributed by atoms with E-state index in [1.54, 1.807) is 4.90 Å². The van der Waals surface area contributed by atoms with Crippen molar-refractivity contribution in [2.75, 3.05) is 13.1 Å². The number of aromatic nitrogens is 2. The molecule has 20 heavy (non-hydrogen) atoms. The second-order valence-electron chi connectivity index (χ2n) is 5.75. The molecule has 0 aliphatic rings. The minimum Gasteiger partial charge on any atom is -0.358 e. The number of carbonyl (C=O) groups is 1. The van der Waals surface area contributed by atoms with Crippen LogP contribution >= 0.6 is 0 Å². The van der Waals surface area contributed by atoms with Crippen LogP contribution in [0.25, 0.3) is 0 Å². The molecule has 1 heterocycles. The fourth-order valence-corrected chi connectivity index (χ4v) is 1.94. The number of hydrogen-bond donors (Lipinski definition) is 0. The normalized spacial score (nSPS) is 11.1. The van der Waals surface area contributed by atoms with E-state index in [1.165, 1.54) is 17.1 Å². The SMILES string of the molecule is CC(C)CN(CC(C)C)C(=O)Cn1cnc([N+](=O)[O-])c1. The van der Waals surface area contributed by atoms with Gasteiger partial charge in [-0.25, -0.2) is 0 Å². The molecule has 0 unspecified atom stereocenters. The second kappa shape index (κ2) is 7.02. The van der Waals surface area contributed by atoms with E-state index in [9.17, 15) is 14.9 Å². The topological polar surface area (TPSA) is 81.3 Å². The summed E-state index contributed by atoms with van der Waals surface area (Å²) in [7, 11) is 0. The molecule has 0 saturated carbocycles. The Bertz CT molecular complexity index is 458. The van der Waals surface area contributed by atoms with E-state index in [0.717, 1.165) is 0 Å². The van der Waals surface area contributed by atoms with E-state index in [0.29, 0.717) is 24.9 Å². The summed E-state index contributed by atoms with van der Waals surface area (Å²) in [5.74, 6) is 0.487. The van der Waals surface area contributed by atoms with Gasteiger partial charge in [0, 0.05) is 13.1 Å². The fourth-order valence-electron chi connectivity index (χ4n) is 1.94. The molecule has 7 nitrogen and oxygen atoms in total. The molecule has 0 aliphatic heterocycles. The highest BCUT2D eigenvalue weighted by Gasteiger charge is 2.18. The standard InChI is InChI=1S/C13H22N4O3/c1-10(2)5-16(6-11(3)4)13(18)8-15-7-12(14-9-15)17(19)20/h7,9-11H,5-6,8H2,1-4H3. The molecule has 0 saturated heterocycles. The fraction of sp³-hybridized carbons (Fsp3) is 0.692. The molecule has 1 amide bonds. The van der Waals surface area contributed by atoms with Gasteiger partial charge in [0.05, 0.1) is 0 Å². The molecule has 0 radical (unpaired) electrons. The Labute approximate surface area is 118 Å². The van der Waals surface area contributed by atoms with Crippen molar-refractivity contribution in [1.82, 2.24) is 14.5 Å². The van der Waals surface area contributed by atoms with E-state index < -0.39 is 4.92 Å². The molecular weight excluding hydrogens is 260 g/mol. The Morgan fingerprint density at radius 3 is 2.30 bits per heavy atom. The molecule has 0 aromatic carbocycles. The van der Waals surface area contributed by atoms with E-state index in [-0.39, 0.29) is 18.3 Å². The van der Waals surface area contributed by atoms with Gasteiger partial charge in [-0.2, -0.15) is 0 Å². The highest BCUT2D eigenvalue weighted by Crippen LogP contribution is 2.08. The molecule has 0 fully saturated rings. The smallest absolute Gasteiger partial charge is 0.358 e. The number of hydrogen-bond acceptors (Lipinski definition) is 4. The highest BCUT2D eigenvalue weighted by molar-refractivity contribution is 5.76. The molecule has 0 atom stereocenters. The van der Waals surface area contributed by atoms with Crippen LogP contribution in [0.1, 0.15) is 27.7 Å². The van der Waals surface area contributed by atoms with Crippen molar-refractivity contribution >= 4 is 11.7 Å². The first-order chi connectivity index (χ1) is 9.29. The first-order valence-electron chi connectivity index (χ1n) is 6.73. The zero-order valence-electron chi connectivity index (χ0n) is 12.4. The summed E-state index contributed by atoms with van der Waals surface area (Å²) < 4.78 is 1.45. The van der Waals surface area contributed by atoms with Crippen molar-refractivity contribution in [2.45, 2.75) is 34.2 Å². The third-order valence-corrected chi connectivity index (χ3v) is 2.65. The zero-order chi connectivity index (χ0) is 15.3. The zero-order valence-corrected chi connectivity index (χ0v) is 12.4. The van der Waals surface area contributed by atoms with Gasteiger partial charge in [0.25, 0.3) is 0 Å². The predicted molar refractivity (Wildman–Crippen MR) is 75.1 cm³/mol. The molecule has 1 aromatic heterocycles. The van der Waals surface area contributed by atoms with Crippen LogP contribution in [0.3, 0.4) is 0 Å². The first kappa shape index (κ1) is 16.1. The Morgan fingerprint density at radius 1 is 1.35 bits per heavy atom. The maximum absolute atomic E-state index is 12.3. The minimum atomic E-state index is -0.568. The van der Waals surface area contributed by atoms with E-state index >= 15 is 0 Å². The molecule has 0 aliphatic carbocycles. The Kier molecular flexibility index (Phi) is 5.66.